The van der Waals surface area contributed by atoms with E-state index in [1.54, 1.807) is 0 Å². The van der Waals surface area contributed by atoms with E-state index in [0.717, 1.165) is 24.3 Å². The summed E-state index contributed by atoms with van der Waals surface area (Å²) in [4.78, 5) is 0. The number of fused-ring (bicyclic) bond motifs is 2. The van der Waals surface area contributed by atoms with Crippen LogP contribution in [0.15, 0.2) is 81.3 Å². The highest BCUT2D eigenvalue weighted by atomic mass is 15.4. The molecule has 0 fully saturated rings. The minimum atomic E-state index is 0.878. The molecule has 2 aliphatic rings. The van der Waals surface area contributed by atoms with E-state index in [1.807, 2.05) is 0 Å². The third kappa shape index (κ3) is 1.79. The molecule has 2 aromatic carbocycles. The highest BCUT2D eigenvalue weighted by Gasteiger charge is 2.20. The Morgan fingerprint density at radius 2 is 1.85 bits per heavy atom. The van der Waals surface area contributed by atoms with Gasteiger partial charge in [0.2, 0.25) is 0 Å². The molecule has 20 heavy (non-hydrogen) atoms. The highest BCUT2D eigenvalue weighted by Crippen LogP contribution is 2.27. The lowest BCUT2D eigenvalue weighted by Crippen LogP contribution is -2.09. The largest absolute Gasteiger partial charge is 0.129 e. The number of hydrogen-bond donors (Lipinski definition) is 0. The summed E-state index contributed by atoms with van der Waals surface area (Å²) in [6, 6.07) is 14.9. The van der Waals surface area contributed by atoms with E-state index >= 15 is 0 Å². The van der Waals surface area contributed by atoms with E-state index in [1.165, 1.54) is 21.9 Å². The fraction of sp³-hybridized carbons (Fsp3) is 0.118. The monoisotopic (exact) mass is 259 g/mol. The van der Waals surface area contributed by atoms with Gasteiger partial charge >= 0.3 is 0 Å². The zero-order valence-corrected chi connectivity index (χ0v) is 11.0. The van der Waals surface area contributed by atoms with Crippen LogP contribution in [-0.4, -0.2) is 5.71 Å². The first-order chi connectivity index (χ1) is 9.92. The van der Waals surface area contributed by atoms with Crippen molar-refractivity contribution in [3.8, 4) is 0 Å². The van der Waals surface area contributed by atoms with Gasteiger partial charge in [-0.3, -0.25) is 0 Å². The summed E-state index contributed by atoms with van der Waals surface area (Å²) in [5.41, 5.74) is 4.40. The minimum Gasteiger partial charge on any atom is -0.129 e. The fourth-order valence-corrected chi connectivity index (χ4v) is 2.80. The van der Waals surface area contributed by atoms with Crippen molar-refractivity contribution in [3.05, 3.63) is 71.5 Å². The lowest BCUT2D eigenvalue weighted by atomic mass is 9.92. The number of allylic oxidation sites excluding steroid dienone is 3. The summed E-state index contributed by atoms with van der Waals surface area (Å²) >= 11 is 0. The van der Waals surface area contributed by atoms with Crippen LogP contribution >= 0.6 is 0 Å². The molecular weight excluding hydrogens is 246 g/mol. The lowest BCUT2D eigenvalue weighted by Gasteiger charge is -2.13. The molecule has 0 unspecified atom stereocenters. The van der Waals surface area contributed by atoms with Gasteiger partial charge in [-0.15, -0.1) is 10.2 Å². The Morgan fingerprint density at radius 1 is 0.950 bits per heavy atom. The van der Waals surface area contributed by atoms with Crippen LogP contribution < -0.4 is 0 Å². The minimum absolute atomic E-state index is 0.878. The lowest BCUT2D eigenvalue weighted by molar-refractivity contribution is 1.09. The molecule has 0 radical (unpaired) electrons. The van der Waals surface area contributed by atoms with Crippen LogP contribution in [0.5, 0.6) is 0 Å². The molecule has 4 rings (SSSR count). The quantitative estimate of drug-likeness (QED) is 0.765. The molecule has 0 aromatic heterocycles. The number of hydrogen-bond acceptors (Lipinski definition) is 3. The topological polar surface area (TPSA) is 37.1 Å². The van der Waals surface area contributed by atoms with Crippen LogP contribution in [0, 0.1) is 0 Å². The summed E-state index contributed by atoms with van der Waals surface area (Å²) in [7, 11) is 0. The summed E-state index contributed by atoms with van der Waals surface area (Å²) in [6.45, 7) is 0. The van der Waals surface area contributed by atoms with Gasteiger partial charge in [-0.1, -0.05) is 54.6 Å². The molecule has 1 aliphatic carbocycles. The Hall–Kier alpha value is -2.55. The van der Waals surface area contributed by atoms with Crippen LogP contribution in [-0.2, 0) is 6.42 Å². The van der Waals surface area contributed by atoms with E-state index in [0.29, 0.717) is 0 Å². The molecule has 0 saturated heterocycles. The predicted molar refractivity (Wildman–Crippen MR) is 80.7 cm³/mol. The summed E-state index contributed by atoms with van der Waals surface area (Å²) in [5.74, 6) is 0. The van der Waals surface area contributed by atoms with E-state index in [4.69, 9.17) is 0 Å². The Morgan fingerprint density at radius 3 is 2.85 bits per heavy atom. The molecule has 1 aliphatic heterocycles. The van der Waals surface area contributed by atoms with Gasteiger partial charge in [0.05, 0.1) is 0 Å². The predicted octanol–water partition coefficient (Wildman–Crippen LogP) is 4.42. The van der Waals surface area contributed by atoms with Gasteiger partial charge in [-0.2, -0.15) is 0 Å². The third-order valence-electron chi connectivity index (χ3n) is 3.78. The average molecular weight is 259 g/mol. The molecule has 0 bridgehead atoms. The number of benzene rings is 2. The van der Waals surface area contributed by atoms with Crippen molar-refractivity contribution < 1.29 is 0 Å². The van der Waals surface area contributed by atoms with Crippen LogP contribution in [0.3, 0.4) is 0 Å². The van der Waals surface area contributed by atoms with Crippen molar-refractivity contribution in [2.24, 2.45) is 15.4 Å². The van der Waals surface area contributed by atoms with Crippen molar-refractivity contribution in [2.45, 2.75) is 12.8 Å². The molecule has 96 valence electrons. The van der Waals surface area contributed by atoms with Gasteiger partial charge in [0.1, 0.15) is 11.4 Å². The van der Waals surface area contributed by atoms with Gasteiger partial charge in [0.15, 0.2) is 0 Å². The Bertz CT molecular complexity index is 805. The molecule has 0 atom stereocenters. The Balaban J connectivity index is 1.74. The normalized spacial score (nSPS) is 16.7. The second kappa shape index (κ2) is 4.53. The van der Waals surface area contributed by atoms with Gasteiger partial charge < -0.3 is 0 Å². The zero-order valence-electron chi connectivity index (χ0n) is 11.0. The summed E-state index contributed by atoms with van der Waals surface area (Å²) in [5, 5.41) is 14.6. The van der Waals surface area contributed by atoms with Crippen LogP contribution in [0.1, 0.15) is 12.0 Å². The first-order valence-corrected chi connectivity index (χ1v) is 6.77. The maximum Gasteiger partial charge on any atom is 0.118 e. The van der Waals surface area contributed by atoms with Crippen molar-refractivity contribution in [3.63, 3.8) is 0 Å². The first-order valence-electron chi connectivity index (χ1n) is 6.77. The molecule has 0 N–H and O–H groups in total. The Kier molecular flexibility index (Phi) is 2.56. The van der Waals surface area contributed by atoms with Crippen molar-refractivity contribution in [1.82, 2.24) is 0 Å². The summed E-state index contributed by atoms with van der Waals surface area (Å²) in [6.07, 6.45) is 6.08. The van der Waals surface area contributed by atoms with Gasteiger partial charge in [-0.25, -0.2) is 0 Å². The van der Waals surface area contributed by atoms with E-state index in [2.05, 4.69) is 70.1 Å². The SMILES string of the molecule is C1=C(Cc2cccc3ccccc23)C2=NN=NC2=CC1. The van der Waals surface area contributed by atoms with Crippen molar-refractivity contribution >= 4 is 16.5 Å². The van der Waals surface area contributed by atoms with E-state index in [9.17, 15) is 0 Å². The fourth-order valence-electron chi connectivity index (χ4n) is 2.80. The second-order valence-corrected chi connectivity index (χ2v) is 5.01. The van der Waals surface area contributed by atoms with Gasteiger partial charge in [-0.05, 0) is 33.6 Å². The van der Waals surface area contributed by atoms with Gasteiger partial charge in [0.25, 0.3) is 0 Å². The Labute approximate surface area is 117 Å². The molecule has 3 heteroatoms. The second-order valence-electron chi connectivity index (χ2n) is 5.01. The van der Waals surface area contributed by atoms with E-state index < -0.39 is 0 Å². The molecule has 3 nitrogen and oxygen atoms in total. The van der Waals surface area contributed by atoms with Crippen LogP contribution in [0.25, 0.3) is 10.8 Å². The molecule has 1 heterocycles. The molecule has 0 saturated carbocycles. The smallest absolute Gasteiger partial charge is 0.118 e. The van der Waals surface area contributed by atoms with Crippen molar-refractivity contribution in [1.29, 1.82) is 0 Å². The maximum absolute atomic E-state index is 4.15. The molecular formula is C17H13N3. The van der Waals surface area contributed by atoms with E-state index in [-0.39, 0.29) is 0 Å². The zero-order chi connectivity index (χ0) is 13.4. The van der Waals surface area contributed by atoms with Crippen molar-refractivity contribution in [2.75, 3.05) is 0 Å². The molecule has 0 amide bonds. The number of nitrogens with zero attached hydrogens (tertiary/aromatic N) is 3. The molecule has 2 aromatic rings. The summed E-state index contributed by atoms with van der Waals surface area (Å²) < 4.78 is 0. The first kappa shape index (κ1) is 11.3. The van der Waals surface area contributed by atoms with Crippen LogP contribution in [0.2, 0.25) is 0 Å². The van der Waals surface area contributed by atoms with Crippen LogP contribution in [0.4, 0.5) is 0 Å². The maximum atomic E-state index is 4.15. The standard InChI is InChI=1S/C17H13N3/c1-2-9-15-12(5-1)6-3-7-13(15)11-14-8-4-10-16-17(14)19-20-18-16/h1-3,5-10H,4,11H2. The number of rotatable bonds is 2. The average Bonchev–Trinajstić information content (AvgIpc) is 2.97. The third-order valence-corrected chi connectivity index (χ3v) is 3.78. The van der Waals surface area contributed by atoms with Gasteiger partial charge in [0, 0.05) is 6.42 Å². The molecule has 0 spiro atoms. The highest BCUT2D eigenvalue weighted by molar-refractivity contribution is 6.13.